The number of nitro groups is 1. The van der Waals surface area contributed by atoms with Crippen molar-refractivity contribution in [2.24, 2.45) is 0 Å². The van der Waals surface area contributed by atoms with Crippen molar-refractivity contribution >= 4 is 15.5 Å². The van der Waals surface area contributed by atoms with Gasteiger partial charge in [-0.05, 0) is 31.0 Å². The number of rotatable bonds is 6. The standard InChI is InChI=1S/C17H19NO5S/c1-12-6-13(2)8-15(7-12)11-24(21,22)10-14-4-5-17(23-3)16(9-14)18(19)20/h4-9H,10-11H2,1-3H3. The first-order chi connectivity index (χ1) is 11.2. The molecule has 0 aliphatic rings. The van der Waals surface area contributed by atoms with Crippen molar-refractivity contribution in [3.8, 4) is 5.75 Å². The summed E-state index contributed by atoms with van der Waals surface area (Å²) < 4.78 is 29.8. The van der Waals surface area contributed by atoms with Crippen molar-refractivity contribution in [2.45, 2.75) is 25.4 Å². The van der Waals surface area contributed by atoms with Crippen LogP contribution < -0.4 is 4.74 Å². The van der Waals surface area contributed by atoms with Crippen molar-refractivity contribution in [3.63, 3.8) is 0 Å². The third-order valence-corrected chi connectivity index (χ3v) is 5.04. The van der Waals surface area contributed by atoms with Crippen molar-refractivity contribution in [1.82, 2.24) is 0 Å². The largest absolute Gasteiger partial charge is 0.490 e. The molecule has 0 aliphatic carbocycles. The topological polar surface area (TPSA) is 86.5 Å². The lowest BCUT2D eigenvalue weighted by molar-refractivity contribution is -0.385. The van der Waals surface area contributed by atoms with Gasteiger partial charge in [-0.25, -0.2) is 8.42 Å². The van der Waals surface area contributed by atoms with Gasteiger partial charge in [-0.2, -0.15) is 0 Å². The number of benzene rings is 2. The fourth-order valence-electron chi connectivity index (χ4n) is 2.68. The third-order valence-electron chi connectivity index (χ3n) is 3.49. The van der Waals surface area contributed by atoms with Crippen LogP contribution in [0, 0.1) is 24.0 Å². The summed E-state index contributed by atoms with van der Waals surface area (Å²) in [5.74, 6) is -0.254. The molecule has 0 aliphatic heterocycles. The Labute approximate surface area is 141 Å². The van der Waals surface area contributed by atoms with Crippen LogP contribution >= 0.6 is 0 Å². The average Bonchev–Trinajstić information content (AvgIpc) is 2.44. The number of hydrogen-bond donors (Lipinski definition) is 0. The van der Waals surface area contributed by atoms with Gasteiger partial charge in [0.05, 0.1) is 23.5 Å². The summed E-state index contributed by atoms with van der Waals surface area (Å²) in [6, 6.07) is 9.84. The fraction of sp³-hybridized carbons (Fsp3) is 0.294. The highest BCUT2D eigenvalue weighted by Gasteiger charge is 2.19. The van der Waals surface area contributed by atoms with E-state index in [2.05, 4.69) is 0 Å². The van der Waals surface area contributed by atoms with Crippen LogP contribution in [0.4, 0.5) is 5.69 Å². The van der Waals surface area contributed by atoms with E-state index in [1.165, 1.54) is 25.3 Å². The lowest BCUT2D eigenvalue weighted by Crippen LogP contribution is -2.08. The van der Waals surface area contributed by atoms with Gasteiger partial charge in [0, 0.05) is 6.07 Å². The van der Waals surface area contributed by atoms with Crippen LogP contribution in [-0.4, -0.2) is 20.5 Å². The third kappa shape index (κ3) is 4.55. The van der Waals surface area contributed by atoms with Gasteiger partial charge in [0.1, 0.15) is 0 Å². The minimum absolute atomic E-state index is 0.102. The van der Waals surface area contributed by atoms with Gasteiger partial charge < -0.3 is 4.74 Å². The van der Waals surface area contributed by atoms with E-state index in [-0.39, 0.29) is 22.9 Å². The molecular weight excluding hydrogens is 330 g/mol. The average molecular weight is 349 g/mol. The van der Waals surface area contributed by atoms with Crippen LogP contribution in [0.2, 0.25) is 0 Å². The normalized spacial score (nSPS) is 11.3. The zero-order chi connectivity index (χ0) is 17.9. The summed E-state index contributed by atoms with van der Waals surface area (Å²) >= 11 is 0. The molecule has 0 bridgehead atoms. The van der Waals surface area contributed by atoms with Gasteiger partial charge in [0.2, 0.25) is 0 Å². The van der Waals surface area contributed by atoms with Crippen molar-refractivity contribution in [1.29, 1.82) is 0 Å². The quantitative estimate of drug-likeness (QED) is 0.590. The van der Waals surface area contributed by atoms with Crippen LogP contribution in [0.3, 0.4) is 0 Å². The maximum atomic E-state index is 12.4. The molecule has 24 heavy (non-hydrogen) atoms. The summed E-state index contributed by atoms with van der Waals surface area (Å²) in [5, 5.41) is 11.0. The molecular formula is C17H19NO5S. The Hall–Kier alpha value is -2.41. The molecule has 0 amide bonds. The first-order valence-electron chi connectivity index (χ1n) is 7.29. The van der Waals surface area contributed by atoms with E-state index < -0.39 is 14.8 Å². The molecule has 0 aromatic heterocycles. The van der Waals surface area contributed by atoms with E-state index in [1.54, 1.807) is 0 Å². The number of sulfone groups is 1. The van der Waals surface area contributed by atoms with Crippen molar-refractivity contribution in [3.05, 3.63) is 68.8 Å². The summed E-state index contributed by atoms with van der Waals surface area (Å²) in [4.78, 5) is 10.5. The van der Waals surface area contributed by atoms with Gasteiger partial charge >= 0.3 is 5.69 Å². The predicted octanol–water partition coefficient (Wildman–Crippen LogP) is 3.34. The van der Waals surface area contributed by atoms with E-state index in [1.807, 2.05) is 32.0 Å². The Kier molecular flexibility index (Phi) is 5.23. The Bertz CT molecular complexity index is 854. The minimum Gasteiger partial charge on any atom is -0.490 e. The lowest BCUT2D eigenvalue weighted by atomic mass is 10.1. The molecule has 128 valence electrons. The van der Waals surface area contributed by atoms with Crippen LogP contribution in [0.15, 0.2) is 36.4 Å². The molecule has 7 heteroatoms. The zero-order valence-electron chi connectivity index (χ0n) is 13.8. The van der Waals surface area contributed by atoms with E-state index >= 15 is 0 Å². The Morgan fingerprint density at radius 3 is 2.12 bits per heavy atom. The molecule has 0 unspecified atom stereocenters. The van der Waals surface area contributed by atoms with Crippen LogP contribution in [0.5, 0.6) is 5.75 Å². The molecule has 0 saturated heterocycles. The number of nitro benzene ring substituents is 1. The smallest absolute Gasteiger partial charge is 0.311 e. The zero-order valence-corrected chi connectivity index (χ0v) is 14.6. The monoisotopic (exact) mass is 349 g/mol. The number of ether oxygens (including phenoxy) is 1. The molecule has 0 saturated carbocycles. The van der Waals surface area contributed by atoms with Gasteiger partial charge in [-0.3, -0.25) is 10.1 Å². The van der Waals surface area contributed by atoms with Crippen LogP contribution in [0.1, 0.15) is 22.3 Å². The summed E-state index contributed by atoms with van der Waals surface area (Å²) in [6.45, 7) is 3.83. The first-order valence-corrected chi connectivity index (χ1v) is 9.11. The lowest BCUT2D eigenvalue weighted by Gasteiger charge is -2.08. The van der Waals surface area contributed by atoms with Gasteiger partial charge in [-0.1, -0.05) is 35.4 Å². The molecule has 2 rings (SSSR count). The molecule has 0 N–H and O–H groups in total. The maximum Gasteiger partial charge on any atom is 0.311 e. The summed E-state index contributed by atoms with van der Waals surface area (Å²) in [7, 11) is -2.11. The molecule has 2 aromatic rings. The number of methoxy groups -OCH3 is 1. The van der Waals surface area contributed by atoms with Gasteiger partial charge in [0.25, 0.3) is 0 Å². The summed E-state index contributed by atoms with van der Waals surface area (Å²) in [6.07, 6.45) is 0. The second-order valence-electron chi connectivity index (χ2n) is 5.79. The number of hydrogen-bond acceptors (Lipinski definition) is 5. The van der Waals surface area contributed by atoms with Crippen molar-refractivity contribution in [2.75, 3.05) is 7.11 Å². The number of aryl methyl sites for hydroxylation is 2. The summed E-state index contributed by atoms with van der Waals surface area (Å²) in [5.41, 5.74) is 2.85. The Morgan fingerprint density at radius 2 is 1.58 bits per heavy atom. The molecule has 0 fully saturated rings. The van der Waals surface area contributed by atoms with E-state index in [0.717, 1.165) is 16.7 Å². The van der Waals surface area contributed by atoms with Gasteiger partial charge in [-0.15, -0.1) is 0 Å². The van der Waals surface area contributed by atoms with E-state index in [0.29, 0.717) is 5.56 Å². The Morgan fingerprint density at radius 1 is 1.00 bits per heavy atom. The molecule has 2 aromatic carbocycles. The molecule has 0 radical (unpaired) electrons. The van der Waals surface area contributed by atoms with Crippen molar-refractivity contribution < 1.29 is 18.1 Å². The number of nitrogens with zero attached hydrogens (tertiary/aromatic N) is 1. The second kappa shape index (κ2) is 7.00. The second-order valence-corrected chi connectivity index (χ2v) is 7.86. The minimum atomic E-state index is -3.45. The SMILES string of the molecule is COc1ccc(CS(=O)(=O)Cc2cc(C)cc(C)c2)cc1[N+](=O)[O-]. The highest BCUT2D eigenvalue weighted by atomic mass is 32.2. The predicted molar refractivity (Wildman–Crippen MR) is 91.9 cm³/mol. The Balaban J connectivity index is 2.26. The molecule has 0 atom stereocenters. The molecule has 6 nitrogen and oxygen atoms in total. The van der Waals surface area contributed by atoms with Crippen LogP contribution in [0.25, 0.3) is 0 Å². The van der Waals surface area contributed by atoms with E-state index in [4.69, 9.17) is 4.74 Å². The van der Waals surface area contributed by atoms with Gasteiger partial charge in [0.15, 0.2) is 15.6 Å². The highest BCUT2D eigenvalue weighted by molar-refractivity contribution is 7.89. The molecule has 0 spiro atoms. The molecule has 0 heterocycles. The van der Waals surface area contributed by atoms with E-state index in [9.17, 15) is 18.5 Å². The fourth-order valence-corrected chi connectivity index (χ4v) is 4.14. The highest BCUT2D eigenvalue weighted by Crippen LogP contribution is 2.28. The maximum absolute atomic E-state index is 12.4. The first kappa shape index (κ1) is 17.9. The van der Waals surface area contributed by atoms with Crippen LogP contribution in [-0.2, 0) is 21.3 Å².